The maximum absolute atomic E-state index is 12.5. The van der Waals surface area contributed by atoms with Gasteiger partial charge < -0.3 is 19.9 Å². The largest absolute Gasteiger partial charge is 0.381 e. The van der Waals surface area contributed by atoms with Gasteiger partial charge in [-0.2, -0.15) is 0 Å². The van der Waals surface area contributed by atoms with E-state index in [1.165, 1.54) is 19.3 Å². The second-order valence-electron chi connectivity index (χ2n) is 7.78. The van der Waals surface area contributed by atoms with Gasteiger partial charge >= 0.3 is 0 Å². The van der Waals surface area contributed by atoms with Crippen molar-refractivity contribution in [1.82, 2.24) is 10.2 Å². The summed E-state index contributed by atoms with van der Waals surface area (Å²) in [6, 6.07) is 0. The fourth-order valence-corrected chi connectivity index (χ4v) is 4.29. The normalized spacial score (nSPS) is 27.5. The van der Waals surface area contributed by atoms with Crippen LogP contribution >= 0.6 is 0 Å². The van der Waals surface area contributed by atoms with Crippen LogP contribution in [0.5, 0.6) is 0 Å². The summed E-state index contributed by atoms with van der Waals surface area (Å²) in [5, 5.41) is 13.6. The number of carbonyl (C=O) groups excluding carboxylic acids is 1. The van der Waals surface area contributed by atoms with Gasteiger partial charge in [0.1, 0.15) is 5.60 Å². The molecule has 6 nitrogen and oxygen atoms in total. The molecule has 24 heavy (non-hydrogen) atoms. The first-order chi connectivity index (χ1) is 11.6. The number of morpholine rings is 1. The average Bonchev–Trinajstić information content (AvgIpc) is 2.62. The van der Waals surface area contributed by atoms with Crippen molar-refractivity contribution in [2.45, 2.75) is 50.5 Å². The lowest BCUT2D eigenvalue weighted by atomic mass is 9.73. The molecule has 2 heterocycles. The number of amides is 1. The third-order valence-corrected chi connectivity index (χ3v) is 5.94. The van der Waals surface area contributed by atoms with Crippen molar-refractivity contribution in [3.8, 4) is 0 Å². The average molecular weight is 340 g/mol. The fraction of sp³-hybridized carbons (Fsp3) is 0.944. The molecule has 1 amide bonds. The molecule has 0 unspecified atom stereocenters. The molecular weight excluding hydrogens is 308 g/mol. The highest BCUT2D eigenvalue weighted by Gasteiger charge is 2.40. The zero-order valence-corrected chi connectivity index (χ0v) is 14.7. The highest BCUT2D eigenvalue weighted by atomic mass is 16.5. The van der Waals surface area contributed by atoms with E-state index in [9.17, 15) is 9.90 Å². The standard InChI is InChI=1S/C18H32N2O4/c21-16(18(22)6-10-23-11-7-18)19-14-17(4-2-1-3-5-17)15-20-8-12-24-13-9-20/h22H,1-15H2,(H,19,21). The van der Waals surface area contributed by atoms with Gasteiger partial charge in [-0.25, -0.2) is 0 Å². The minimum atomic E-state index is -1.24. The van der Waals surface area contributed by atoms with Crippen molar-refractivity contribution in [1.29, 1.82) is 0 Å². The molecule has 2 saturated heterocycles. The SMILES string of the molecule is O=C(NCC1(CN2CCOCC2)CCCCC1)C1(O)CCOCC1. The fourth-order valence-electron chi connectivity index (χ4n) is 4.29. The molecule has 2 N–H and O–H groups in total. The van der Waals surface area contributed by atoms with Crippen LogP contribution in [-0.2, 0) is 14.3 Å². The van der Waals surface area contributed by atoms with E-state index in [-0.39, 0.29) is 11.3 Å². The van der Waals surface area contributed by atoms with Crippen molar-refractivity contribution in [3.63, 3.8) is 0 Å². The molecule has 6 heteroatoms. The van der Waals surface area contributed by atoms with Gasteiger partial charge in [0.2, 0.25) is 0 Å². The van der Waals surface area contributed by atoms with Crippen molar-refractivity contribution < 1.29 is 19.4 Å². The number of nitrogens with one attached hydrogen (secondary N) is 1. The summed E-state index contributed by atoms with van der Waals surface area (Å²) in [5.41, 5.74) is -1.10. The molecule has 3 rings (SSSR count). The van der Waals surface area contributed by atoms with E-state index in [4.69, 9.17) is 9.47 Å². The topological polar surface area (TPSA) is 71.0 Å². The monoisotopic (exact) mass is 340 g/mol. The van der Waals surface area contributed by atoms with Crippen molar-refractivity contribution in [2.75, 3.05) is 52.6 Å². The van der Waals surface area contributed by atoms with Crippen LogP contribution in [0.2, 0.25) is 0 Å². The van der Waals surface area contributed by atoms with Crippen molar-refractivity contribution >= 4 is 5.91 Å². The van der Waals surface area contributed by atoms with Crippen LogP contribution in [0.3, 0.4) is 0 Å². The Kier molecular flexibility index (Phi) is 6.13. The highest BCUT2D eigenvalue weighted by Crippen LogP contribution is 2.37. The number of hydrogen-bond acceptors (Lipinski definition) is 5. The maximum atomic E-state index is 12.5. The van der Waals surface area contributed by atoms with E-state index in [1.807, 2.05) is 0 Å². The zero-order chi connectivity index (χ0) is 16.9. The Morgan fingerprint density at radius 3 is 2.25 bits per heavy atom. The Morgan fingerprint density at radius 2 is 1.58 bits per heavy atom. The highest BCUT2D eigenvalue weighted by molar-refractivity contribution is 5.85. The predicted molar refractivity (Wildman–Crippen MR) is 90.8 cm³/mol. The maximum Gasteiger partial charge on any atom is 0.252 e. The molecule has 3 fully saturated rings. The van der Waals surface area contributed by atoms with E-state index in [2.05, 4.69) is 10.2 Å². The Hall–Kier alpha value is -0.690. The van der Waals surface area contributed by atoms with Crippen molar-refractivity contribution in [3.05, 3.63) is 0 Å². The van der Waals surface area contributed by atoms with E-state index >= 15 is 0 Å². The van der Waals surface area contributed by atoms with Crippen LogP contribution in [0.4, 0.5) is 0 Å². The van der Waals surface area contributed by atoms with Gasteiger partial charge in [0.05, 0.1) is 13.2 Å². The molecule has 0 bridgehead atoms. The third kappa shape index (κ3) is 4.48. The number of ether oxygens (including phenoxy) is 2. The number of hydrogen-bond donors (Lipinski definition) is 2. The molecule has 2 aliphatic heterocycles. The van der Waals surface area contributed by atoms with Crippen LogP contribution in [0.1, 0.15) is 44.9 Å². The summed E-state index contributed by atoms with van der Waals surface area (Å²) in [5.74, 6) is -0.210. The van der Waals surface area contributed by atoms with E-state index in [0.717, 1.165) is 45.7 Å². The van der Waals surface area contributed by atoms with Crippen LogP contribution < -0.4 is 5.32 Å². The first kappa shape index (κ1) is 18.1. The Morgan fingerprint density at radius 1 is 0.958 bits per heavy atom. The van der Waals surface area contributed by atoms with Gasteiger partial charge in [0, 0.05) is 57.6 Å². The lowest BCUT2D eigenvalue weighted by Crippen LogP contribution is -2.55. The van der Waals surface area contributed by atoms with Gasteiger partial charge in [0.15, 0.2) is 0 Å². The minimum absolute atomic E-state index is 0.146. The second-order valence-corrected chi connectivity index (χ2v) is 7.78. The summed E-state index contributed by atoms with van der Waals surface area (Å²) in [6.07, 6.45) is 6.87. The quantitative estimate of drug-likeness (QED) is 0.779. The molecule has 1 aliphatic carbocycles. The second kappa shape index (κ2) is 8.13. The molecule has 1 saturated carbocycles. The molecular formula is C18H32N2O4. The molecule has 0 aromatic heterocycles. The summed E-state index contributed by atoms with van der Waals surface area (Å²) in [6.45, 7) is 6.20. The van der Waals surface area contributed by atoms with E-state index in [1.54, 1.807) is 0 Å². The van der Waals surface area contributed by atoms with Crippen LogP contribution in [0.25, 0.3) is 0 Å². The molecule has 0 aromatic carbocycles. The van der Waals surface area contributed by atoms with Crippen LogP contribution in [0.15, 0.2) is 0 Å². The molecule has 0 atom stereocenters. The summed E-state index contributed by atoms with van der Waals surface area (Å²) < 4.78 is 10.7. The van der Waals surface area contributed by atoms with Gasteiger partial charge in [0.25, 0.3) is 5.91 Å². The number of nitrogens with zero attached hydrogens (tertiary/aromatic N) is 1. The Bertz CT molecular complexity index is 411. The summed E-state index contributed by atoms with van der Waals surface area (Å²) in [7, 11) is 0. The van der Waals surface area contributed by atoms with Gasteiger partial charge in [-0.05, 0) is 12.8 Å². The molecule has 0 aromatic rings. The minimum Gasteiger partial charge on any atom is -0.381 e. The van der Waals surface area contributed by atoms with Gasteiger partial charge in [-0.1, -0.05) is 19.3 Å². The van der Waals surface area contributed by atoms with E-state index < -0.39 is 5.60 Å². The van der Waals surface area contributed by atoms with Gasteiger partial charge in [-0.3, -0.25) is 9.69 Å². The van der Waals surface area contributed by atoms with E-state index in [0.29, 0.717) is 32.6 Å². The van der Waals surface area contributed by atoms with Crippen molar-refractivity contribution in [2.24, 2.45) is 5.41 Å². The molecule has 0 radical (unpaired) electrons. The predicted octanol–water partition coefficient (Wildman–Crippen LogP) is 0.927. The number of carbonyl (C=O) groups is 1. The molecule has 138 valence electrons. The number of rotatable bonds is 5. The summed E-state index contributed by atoms with van der Waals surface area (Å²) in [4.78, 5) is 15.0. The Balaban J connectivity index is 1.58. The Labute approximate surface area is 144 Å². The molecule has 0 spiro atoms. The van der Waals surface area contributed by atoms with Crippen LogP contribution in [-0.4, -0.2) is 74.1 Å². The first-order valence-electron chi connectivity index (χ1n) is 9.51. The zero-order valence-electron chi connectivity index (χ0n) is 14.7. The third-order valence-electron chi connectivity index (χ3n) is 5.94. The lowest BCUT2D eigenvalue weighted by Gasteiger charge is -2.43. The van der Waals surface area contributed by atoms with Gasteiger partial charge in [-0.15, -0.1) is 0 Å². The summed E-state index contributed by atoms with van der Waals surface area (Å²) >= 11 is 0. The first-order valence-corrected chi connectivity index (χ1v) is 9.51. The smallest absolute Gasteiger partial charge is 0.252 e. The molecule has 3 aliphatic rings. The lowest BCUT2D eigenvalue weighted by molar-refractivity contribution is -0.150. The number of aliphatic hydroxyl groups is 1. The van der Waals surface area contributed by atoms with Crippen LogP contribution in [0, 0.1) is 5.41 Å².